The van der Waals surface area contributed by atoms with Crippen molar-refractivity contribution in [1.29, 1.82) is 0 Å². The number of aromatic nitrogens is 2. The Labute approximate surface area is 160 Å². The van der Waals surface area contributed by atoms with Crippen LogP contribution in [0.5, 0.6) is 0 Å². The van der Waals surface area contributed by atoms with Crippen LogP contribution in [-0.2, 0) is 18.9 Å². The molecular formula is C16H21N7O5. The molecule has 0 unspecified atom stereocenters. The van der Waals surface area contributed by atoms with Gasteiger partial charge in [-0.05, 0) is 6.07 Å². The molecule has 0 radical (unpaired) electrons. The van der Waals surface area contributed by atoms with Crippen LogP contribution in [-0.4, -0.2) is 45.4 Å². The smallest absolute Gasteiger partial charge is 0.287 e. The highest BCUT2D eigenvalue weighted by molar-refractivity contribution is 6.04. The van der Waals surface area contributed by atoms with Crippen LogP contribution in [0.25, 0.3) is 0 Å². The molecule has 0 saturated carbocycles. The number of nitrogens with zero attached hydrogens (tertiary/aromatic N) is 4. The van der Waals surface area contributed by atoms with Crippen molar-refractivity contribution in [2.75, 3.05) is 19.0 Å². The molecule has 0 aromatic carbocycles. The van der Waals surface area contributed by atoms with Crippen LogP contribution < -0.4 is 16.4 Å². The average Bonchev–Trinajstić information content (AvgIpc) is 3.18. The van der Waals surface area contributed by atoms with Crippen LogP contribution in [0.4, 0.5) is 11.4 Å². The van der Waals surface area contributed by atoms with Gasteiger partial charge in [0.2, 0.25) is 0 Å². The summed E-state index contributed by atoms with van der Waals surface area (Å²) in [6.07, 6.45) is 3.13. The van der Waals surface area contributed by atoms with Gasteiger partial charge in [0.15, 0.2) is 0 Å². The highest BCUT2D eigenvalue weighted by Gasteiger charge is 2.19. The van der Waals surface area contributed by atoms with Crippen molar-refractivity contribution in [2.45, 2.75) is 6.42 Å². The van der Waals surface area contributed by atoms with Crippen molar-refractivity contribution in [3.63, 3.8) is 0 Å². The summed E-state index contributed by atoms with van der Waals surface area (Å²) in [7, 11) is 4.56. The number of aryl methyl sites for hydroxylation is 2. The number of nitrogens with two attached hydrogens (primary N) is 1. The fraction of sp³-hybridized carbons (Fsp3) is 0.312. The first-order valence-corrected chi connectivity index (χ1v) is 8.15. The van der Waals surface area contributed by atoms with Crippen molar-refractivity contribution >= 4 is 29.0 Å². The molecule has 2 rings (SSSR count). The van der Waals surface area contributed by atoms with E-state index < -0.39 is 10.8 Å². The monoisotopic (exact) mass is 391 g/mol. The number of nitro groups is 1. The van der Waals surface area contributed by atoms with E-state index in [0.717, 1.165) is 0 Å². The first kappa shape index (κ1) is 20.5. The lowest BCUT2D eigenvalue weighted by atomic mass is 10.3. The van der Waals surface area contributed by atoms with Crippen LogP contribution in [0, 0.1) is 10.1 Å². The van der Waals surface area contributed by atoms with Gasteiger partial charge in [-0.2, -0.15) is 0 Å². The van der Waals surface area contributed by atoms with Gasteiger partial charge in [-0.1, -0.05) is 5.16 Å². The topological polar surface area (TPSA) is 159 Å². The van der Waals surface area contributed by atoms with Gasteiger partial charge in [0.05, 0.1) is 16.8 Å². The number of anilines is 1. The zero-order valence-corrected chi connectivity index (χ0v) is 15.6. The van der Waals surface area contributed by atoms with Crippen LogP contribution in [0.1, 0.15) is 27.4 Å². The van der Waals surface area contributed by atoms with Crippen LogP contribution in [0.3, 0.4) is 0 Å². The summed E-state index contributed by atoms with van der Waals surface area (Å²) in [6.45, 7) is 0.261. The normalized spacial score (nSPS) is 11.2. The average molecular weight is 391 g/mol. The zero-order chi connectivity index (χ0) is 20.8. The molecule has 150 valence electrons. The van der Waals surface area contributed by atoms with E-state index in [1.807, 2.05) is 0 Å². The molecule has 0 aliphatic carbocycles. The third-order valence-electron chi connectivity index (χ3n) is 3.80. The van der Waals surface area contributed by atoms with E-state index in [4.69, 9.17) is 5.73 Å². The molecule has 0 bridgehead atoms. The molecule has 0 aliphatic rings. The summed E-state index contributed by atoms with van der Waals surface area (Å²) in [5, 5.41) is 19.7. The van der Waals surface area contributed by atoms with Crippen molar-refractivity contribution in [1.82, 2.24) is 14.5 Å². The number of nitrogens with one attached hydrogen (secondary N) is 2. The van der Waals surface area contributed by atoms with E-state index >= 15 is 0 Å². The van der Waals surface area contributed by atoms with Crippen LogP contribution in [0.15, 0.2) is 29.7 Å². The first-order valence-electron chi connectivity index (χ1n) is 8.15. The number of hydrogen-bond acceptors (Lipinski definition) is 6. The largest absolute Gasteiger partial charge is 0.398 e. The predicted octanol–water partition coefficient (Wildman–Crippen LogP) is 0.563. The third kappa shape index (κ3) is 4.87. The highest BCUT2D eigenvalue weighted by atomic mass is 16.6. The molecule has 2 heterocycles. The fourth-order valence-corrected chi connectivity index (χ4v) is 2.48. The van der Waals surface area contributed by atoms with Gasteiger partial charge in [0, 0.05) is 39.3 Å². The van der Waals surface area contributed by atoms with E-state index in [0.29, 0.717) is 17.8 Å². The van der Waals surface area contributed by atoms with Gasteiger partial charge in [-0.15, -0.1) is 0 Å². The number of hydrogen-bond donors (Lipinski definition) is 3. The Kier molecular flexibility index (Phi) is 6.37. The first-order chi connectivity index (χ1) is 13.2. The minimum atomic E-state index is -0.578. The van der Waals surface area contributed by atoms with Gasteiger partial charge >= 0.3 is 0 Å². The highest BCUT2D eigenvalue weighted by Crippen LogP contribution is 2.18. The van der Waals surface area contributed by atoms with Crippen molar-refractivity contribution in [3.8, 4) is 0 Å². The van der Waals surface area contributed by atoms with E-state index in [9.17, 15) is 19.7 Å². The Hall–Kier alpha value is -3.83. The van der Waals surface area contributed by atoms with Gasteiger partial charge in [-0.3, -0.25) is 19.7 Å². The van der Waals surface area contributed by atoms with Crippen molar-refractivity contribution in [2.24, 2.45) is 25.0 Å². The lowest BCUT2D eigenvalue weighted by Crippen LogP contribution is -2.29. The summed E-state index contributed by atoms with van der Waals surface area (Å²) < 4.78 is 2.90. The SMILES string of the molecule is CO/N=C(\N)CCNC(=O)c1cc(NC(=O)c2cc([N+](=O)[O-])cn2C)cn1C. The standard InChI is InChI=1S/C16H21N7O5/c1-21-8-10(6-12(21)15(24)18-5-4-14(17)20-28-3)19-16(25)13-7-11(23(26)27)9-22(13)2/h6-9H,4-5H2,1-3H3,(H2,17,20)(H,18,24)(H,19,25). The quantitative estimate of drug-likeness (QED) is 0.258. The number of amides is 2. The number of carbonyl (C=O) groups is 2. The second-order valence-electron chi connectivity index (χ2n) is 5.90. The molecule has 12 heteroatoms. The summed E-state index contributed by atoms with van der Waals surface area (Å²) in [4.78, 5) is 39.4. The second kappa shape index (κ2) is 8.70. The van der Waals surface area contributed by atoms with Gasteiger partial charge in [0.25, 0.3) is 17.5 Å². The van der Waals surface area contributed by atoms with E-state index in [1.54, 1.807) is 17.8 Å². The lowest BCUT2D eigenvalue weighted by molar-refractivity contribution is -0.384. The van der Waals surface area contributed by atoms with Gasteiger partial charge < -0.3 is 30.3 Å². The second-order valence-corrected chi connectivity index (χ2v) is 5.90. The Morgan fingerprint density at radius 2 is 1.86 bits per heavy atom. The maximum Gasteiger partial charge on any atom is 0.287 e. The fourth-order valence-electron chi connectivity index (χ4n) is 2.48. The Balaban J connectivity index is 2.03. The molecule has 0 spiro atoms. The maximum absolute atomic E-state index is 12.4. The molecule has 0 saturated heterocycles. The van der Waals surface area contributed by atoms with Crippen LogP contribution >= 0.6 is 0 Å². The lowest BCUT2D eigenvalue weighted by Gasteiger charge is -2.05. The summed E-state index contributed by atoms with van der Waals surface area (Å²) in [6, 6.07) is 2.68. The molecule has 4 N–H and O–H groups in total. The van der Waals surface area contributed by atoms with Gasteiger partial charge in [-0.25, -0.2) is 0 Å². The minimum Gasteiger partial charge on any atom is -0.398 e. The predicted molar refractivity (Wildman–Crippen MR) is 101 cm³/mol. The van der Waals surface area contributed by atoms with Crippen molar-refractivity contribution in [3.05, 3.63) is 46.0 Å². The molecule has 2 amide bonds. The van der Waals surface area contributed by atoms with E-state index in [-0.39, 0.29) is 29.7 Å². The Morgan fingerprint density at radius 3 is 2.46 bits per heavy atom. The maximum atomic E-state index is 12.4. The van der Waals surface area contributed by atoms with Crippen LogP contribution in [0.2, 0.25) is 0 Å². The molecule has 12 nitrogen and oxygen atoms in total. The molecule has 0 aliphatic heterocycles. The Morgan fingerprint density at radius 1 is 1.21 bits per heavy atom. The number of amidine groups is 1. The molecule has 2 aromatic rings. The molecule has 0 atom stereocenters. The molecular weight excluding hydrogens is 370 g/mol. The van der Waals surface area contributed by atoms with E-state index in [2.05, 4.69) is 20.6 Å². The summed E-state index contributed by atoms with van der Waals surface area (Å²) in [5.41, 5.74) is 6.19. The van der Waals surface area contributed by atoms with Gasteiger partial charge in [0.1, 0.15) is 24.3 Å². The zero-order valence-electron chi connectivity index (χ0n) is 15.6. The molecule has 28 heavy (non-hydrogen) atoms. The van der Waals surface area contributed by atoms with Crippen molar-refractivity contribution < 1.29 is 19.3 Å². The number of oxime groups is 1. The molecule has 2 aromatic heterocycles. The number of rotatable bonds is 8. The third-order valence-corrected chi connectivity index (χ3v) is 3.80. The van der Waals surface area contributed by atoms with E-state index in [1.165, 1.54) is 37.1 Å². The molecule has 0 fully saturated rings. The summed E-state index contributed by atoms with van der Waals surface area (Å²) in [5.74, 6) is -0.640. The summed E-state index contributed by atoms with van der Waals surface area (Å²) >= 11 is 0. The number of carbonyl (C=O) groups excluding carboxylic acids is 2. The minimum absolute atomic E-state index is 0.120. The Bertz CT molecular complexity index is 928.